The van der Waals surface area contributed by atoms with Gasteiger partial charge in [-0.3, -0.25) is 14.4 Å². The van der Waals surface area contributed by atoms with E-state index in [1.807, 2.05) is 27.7 Å². The van der Waals surface area contributed by atoms with E-state index < -0.39 is 100 Å². The fourth-order valence-corrected chi connectivity index (χ4v) is 10.8. The zero-order valence-electron chi connectivity index (χ0n) is 30.1. The molecular formula is C37H54O12. The number of Topliss-reactive ketones (excluding diaryl/α,β-unsaturated/α-hetero) is 3. The maximum atomic E-state index is 14.9. The molecule has 12 heteroatoms. The molecule has 2 saturated carbocycles. The molecule has 5 N–H and O–H groups in total. The van der Waals surface area contributed by atoms with Crippen LogP contribution in [0.25, 0.3) is 0 Å². The summed E-state index contributed by atoms with van der Waals surface area (Å²) < 4.78 is 24.1. The van der Waals surface area contributed by atoms with E-state index in [-0.39, 0.29) is 36.1 Å². The quantitative estimate of drug-likeness (QED) is 0.264. The Bertz CT molecular complexity index is 1480. The molecule has 0 amide bonds. The Balaban J connectivity index is 1.42. The van der Waals surface area contributed by atoms with Crippen molar-refractivity contribution in [2.24, 2.45) is 39.4 Å². The summed E-state index contributed by atoms with van der Waals surface area (Å²) in [5.41, 5.74) is -5.28. The summed E-state index contributed by atoms with van der Waals surface area (Å²) in [6.45, 7) is 14.3. The monoisotopic (exact) mass is 690 g/mol. The first kappa shape index (κ1) is 36.8. The average Bonchev–Trinajstić information content (AvgIpc) is 3.19. The van der Waals surface area contributed by atoms with Crippen molar-refractivity contribution in [3.05, 3.63) is 23.5 Å². The lowest BCUT2D eigenvalue weighted by Gasteiger charge is -2.63. The summed E-state index contributed by atoms with van der Waals surface area (Å²) in [7, 11) is 1.57. The van der Waals surface area contributed by atoms with Gasteiger partial charge in [-0.05, 0) is 70.3 Å². The normalized spacial score (nSPS) is 49.6. The minimum Gasteiger partial charge on any atom is -0.459 e. The van der Waals surface area contributed by atoms with Crippen LogP contribution in [0.3, 0.4) is 0 Å². The standard InChI is InChI=1S/C37H54O12/c1-32(2)17-10-11-22-34(5)14-20-29(37(8,45)23(39)13-25(47-20)33(3,4)46-9)35(34,6)15-24(40)36(22,7)18(17)12-19(30(32)44)48-31-28(43)27(42)26(41)21(16-38)49-31/h10,12,18,20-22,25-29,31,38,41-43,45H,11,13-16H2,1-9H3/t18-,20-,21-,22+,25+,26-,27+,28-,29+,31-,34+,35-,36+,37+/m1/s1. The Hall–Kier alpha value is -2.03. The molecule has 0 radical (unpaired) electrons. The summed E-state index contributed by atoms with van der Waals surface area (Å²) in [5.74, 6) is -2.43. The van der Waals surface area contributed by atoms with E-state index in [0.717, 1.165) is 5.57 Å². The molecule has 6 aliphatic rings. The number of ketones is 3. The first-order valence-corrected chi connectivity index (χ1v) is 17.5. The highest BCUT2D eigenvalue weighted by atomic mass is 16.7. The van der Waals surface area contributed by atoms with Gasteiger partial charge >= 0.3 is 0 Å². The van der Waals surface area contributed by atoms with E-state index in [9.17, 15) is 39.9 Å². The van der Waals surface area contributed by atoms with Crippen molar-refractivity contribution in [2.75, 3.05) is 13.7 Å². The third-order valence-electron chi connectivity index (χ3n) is 14.3. The van der Waals surface area contributed by atoms with Gasteiger partial charge in [0.15, 0.2) is 11.5 Å². The molecule has 2 aliphatic heterocycles. The fourth-order valence-electron chi connectivity index (χ4n) is 10.8. The molecule has 4 fully saturated rings. The number of hydrogen-bond donors (Lipinski definition) is 5. The van der Waals surface area contributed by atoms with Crippen molar-refractivity contribution in [3.63, 3.8) is 0 Å². The van der Waals surface area contributed by atoms with Gasteiger partial charge in [0.05, 0.1) is 29.8 Å². The fraction of sp³-hybridized carbons (Fsp3) is 0.811. The van der Waals surface area contributed by atoms with E-state index in [4.69, 9.17) is 18.9 Å². The molecule has 2 saturated heterocycles. The predicted molar refractivity (Wildman–Crippen MR) is 173 cm³/mol. The van der Waals surface area contributed by atoms with Crippen molar-refractivity contribution >= 4 is 17.3 Å². The number of allylic oxidation sites excluding steroid dienone is 4. The number of methoxy groups -OCH3 is 1. The highest BCUT2D eigenvalue weighted by molar-refractivity contribution is 6.02. The van der Waals surface area contributed by atoms with E-state index in [0.29, 0.717) is 12.8 Å². The van der Waals surface area contributed by atoms with Crippen LogP contribution < -0.4 is 0 Å². The number of carbonyl (C=O) groups excluding carboxylic acids is 3. The van der Waals surface area contributed by atoms with E-state index in [2.05, 4.69) is 13.0 Å². The molecule has 0 aromatic heterocycles. The van der Waals surface area contributed by atoms with Crippen LogP contribution >= 0.6 is 0 Å². The zero-order chi connectivity index (χ0) is 36.4. The summed E-state index contributed by atoms with van der Waals surface area (Å²) >= 11 is 0. The molecule has 14 atom stereocenters. The second kappa shape index (κ2) is 11.5. The lowest BCUT2D eigenvalue weighted by atomic mass is 9.39. The van der Waals surface area contributed by atoms with Crippen LogP contribution in [-0.4, -0.2) is 111 Å². The Labute approximate surface area is 287 Å². The number of carbonyl (C=O) groups is 3. The lowest BCUT2D eigenvalue weighted by Crippen LogP contribution is -2.64. The van der Waals surface area contributed by atoms with Crippen molar-refractivity contribution in [2.45, 2.75) is 135 Å². The Kier molecular flexibility index (Phi) is 8.61. The number of rotatable bonds is 5. The van der Waals surface area contributed by atoms with Gasteiger partial charge in [0.2, 0.25) is 12.1 Å². The van der Waals surface area contributed by atoms with Gasteiger partial charge in [-0.25, -0.2) is 0 Å². The van der Waals surface area contributed by atoms with Gasteiger partial charge in [-0.15, -0.1) is 0 Å². The minimum absolute atomic E-state index is 0.0119. The number of aliphatic hydroxyl groups is 5. The van der Waals surface area contributed by atoms with Crippen LogP contribution in [0, 0.1) is 39.4 Å². The maximum absolute atomic E-state index is 14.9. The second-order valence-electron chi connectivity index (χ2n) is 17.4. The molecule has 4 aliphatic carbocycles. The highest BCUT2D eigenvalue weighted by Crippen LogP contribution is 2.74. The van der Waals surface area contributed by atoms with Crippen molar-refractivity contribution < 1.29 is 58.9 Å². The summed E-state index contributed by atoms with van der Waals surface area (Å²) in [6, 6.07) is 0. The first-order valence-electron chi connectivity index (χ1n) is 17.5. The molecular weight excluding hydrogens is 636 g/mol. The van der Waals surface area contributed by atoms with E-state index in [1.54, 1.807) is 34.0 Å². The number of ether oxygens (including phenoxy) is 4. The Morgan fingerprint density at radius 2 is 1.59 bits per heavy atom. The smallest absolute Gasteiger partial charge is 0.229 e. The van der Waals surface area contributed by atoms with Gasteiger partial charge in [0, 0.05) is 37.2 Å². The molecule has 274 valence electrons. The topological polar surface area (TPSA) is 189 Å². The highest BCUT2D eigenvalue weighted by Gasteiger charge is 2.75. The van der Waals surface area contributed by atoms with Crippen molar-refractivity contribution in [1.29, 1.82) is 0 Å². The number of hydrogen-bond acceptors (Lipinski definition) is 12. The molecule has 0 aromatic rings. The molecule has 2 heterocycles. The first-order chi connectivity index (χ1) is 22.5. The molecule has 0 bridgehead atoms. The third-order valence-corrected chi connectivity index (χ3v) is 14.3. The van der Waals surface area contributed by atoms with Crippen molar-refractivity contribution in [3.8, 4) is 0 Å². The average molecular weight is 691 g/mol. The van der Waals surface area contributed by atoms with Gasteiger partial charge in [0.25, 0.3) is 0 Å². The van der Waals surface area contributed by atoms with Crippen molar-refractivity contribution in [1.82, 2.24) is 0 Å². The SMILES string of the molecule is COC(C)(C)[C@@H]1CC(=O)[C@](C)(O)[C@H]2[C@@H](C[C@@]3(C)[C@@H]4CC=C5[C@@H](C=C(O[C@@H]6O[C@H](CO)[C@@H](O)[C@H](O)[C@H]6O)C(=O)C5(C)C)[C@]4(C)C(=O)C[C@]23C)O1. The van der Waals surface area contributed by atoms with Crippen LogP contribution in [0.4, 0.5) is 0 Å². The van der Waals surface area contributed by atoms with Crippen LogP contribution in [0.1, 0.15) is 81.1 Å². The molecule has 12 nitrogen and oxygen atoms in total. The Morgan fingerprint density at radius 1 is 0.939 bits per heavy atom. The molecule has 49 heavy (non-hydrogen) atoms. The predicted octanol–water partition coefficient (Wildman–Crippen LogP) is 1.77. The number of fused-ring (bicyclic) bond motifs is 7. The van der Waals surface area contributed by atoms with E-state index >= 15 is 0 Å². The van der Waals surface area contributed by atoms with E-state index in [1.165, 1.54) is 0 Å². The molecule has 0 spiro atoms. The van der Waals surface area contributed by atoms with Crippen LogP contribution in [-0.2, 0) is 33.3 Å². The summed E-state index contributed by atoms with van der Waals surface area (Å²) in [4.78, 5) is 42.6. The van der Waals surface area contributed by atoms with Gasteiger partial charge in [-0.1, -0.05) is 32.4 Å². The molecule has 6 rings (SSSR count). The lowest BCUT2D eigenvalue weighted by molar-refractivity contribution is -0.291. The summed E-state index contributed by atoms with van der Waals surface area (Å²) in [5, 5.41) is 53.1. The van der Waals surface area contributed by atoms with Crippen LogP contribution in [0.15, 0.2) is 23.5 Å². The van der Waals surface area contributed by atoms with Gasteiger partial charge < -0.3 is 44.5 Å². The number of aliphatic hydroxyl groups excluding tert-OH is 4. The largest absolute Gasteiger partial charge is 0.459 e. The molecule has 0 unspecified atom stereocenters. The second-order valence-corrected chi connectivity index (χ2v) is 17.4. The van der Waals surface area contributed by atoms with Gasteiger partial charge in [-0.2, -0.15) is 0 Å². The minimum atomic E-state index is -1.75. The van der Waals surface area contributed by atoms with Gasteiger partial charge in [0.1, 0.15) is 35.8 Å². The third kappa shape index (κ3) is 4.88. The van der Waals surface area contributed by atoms with Crippen LogP contribution in [0.5, 0.6) is 0 Å². The Morgan fingerprint density at radius 3 is 2.20 bits per heavy atom. The summed E-state index contributed by atoms with van der Waals surface area (Å²) in [6.07, 6.45) is -4.18. The zero-order valence-corrected chi connectivity index (χ0v) is 30.1. The maximum Gasteiger partial charge on any atom is 0.229 e. The van der Waals surface area contributed by atoms with Crippen LogP contribution in [0.2, 0.25) is 0 Å². The molecule has 0 aromatic carbocycles.